The van der Waals surface area contributed by atoms with Gasteiger partial charge in [-0.25, -0.2) is 0 Å². The van der Waals surface area contributed by atoms with E-state index in [-0.39, 0.29) is 12.0 Å². The Hall–Kier alpha value is -0.870. The number of benzene rings is 1. The molecule has 0 N–H and O–H groups in total. The van der Waals surface area contributed by atoms with Crippen molar-refractivity contribution in [1.29, 1.82) is 0 Å². The van der Waals surface area contributed by atoms with Crippen LogP contribution in [0.25, 0.3) is 0 Å². The number of halogens is 1. The van der Waals surface area contributed by atoms with E-state index in [0.717, 1.165) is 10.9 Å². The van der Waals surface area contributed by atoms with Gasteiger partial charge in [0.1, 0.15) is 6.10 Å². The van der Waals surface area contributed by atoms with Crippen molar-refractivity contribution in [3.05, 3.63) is 35.9 Å². The van der Waals surface area contributed by atoms with Crippen molar-refractivity contribution >= 4 is 21.8 Å². The molecule has 0 bridgehead atoms. The van der Waals surface area contributed by atoms with Gasteiger partial charge in [-0.1, -0.05) is 46.3 Å². The molecule has 1 fully saturated rings. The van der Waals surface area contributed by atoms with Crippen LogP contribution in [0.3, 0.4) is 0 Å². The summed E-state index contributed by atoms with van der Waals surface area (Å²) in [4.78, 5) is 13.7. The number of carbonyl (C=O) groups is 1. The minimum Gasteiger partial charge on any atom is -0.370 e. The number of hydrogen-bond donors (Lipinski definition) is 0. The molecule has 0 saturated carbocycles. The molecular formula is C13H16BrNO2. The van der Waals surface area contributed by atoms with Crippen LogP contribution in [0.1, 0.15) is 18.1 Å². The first kappa shape index (κ1) is 12.6. The zero-order valence-electron chi connectivity index (χ0n) is 9.64. The third kappa shape index (κ3) is 3.30. The highest BCUT2D eigenvalue weighted by Crippen LogP contribution is 2.22. The first-order valence-corrected chi connectivity index (χ1v) is 6.93. The molecule has 0 aliphatic carbocycles. The molecule has 1 aliphatic rings. The predicted molar refractivity (Wildman–Crippen MR) is 70.1 cm³/mol. The Morgan fingerprint density at radius 3 is 2.88 bits per heavy atom. The molecule has 0 aromatic heterocycles. The standard InChI is InChI=1S/C13H16BrNO2/c14-7-6-13(16)15-8-9-17-12(10-15)11-4-2-1-3-5-11/h1-5,12H,6-10H2. The molecule has 4 heteroatoms. The number of ether oxygens (including phenoxy) is 1. The zero-order valence-corrected chi connectivity index (χ0v) is 11.2. The van der Waals surface area contributed by atoms with E-state index < -0.39 is 0 Å². The van der Waals surface area contributed by atoms with Gasteiger partial charge in [0, 0.05) is 18.3 Å². The molecule has 1 amide bonds. The lowest BCUT2D eigenvalue weighted by Crippen LogP contribution is -2.42. The third-order valence-corrected chi connectivity index (χ3v) is 3.30. The number of hydrogen-bond acceptors (Lipinski definition) is 2. The molecule has 3 nitrogen and oxygen atoms in total. The molecule has 17 heavy (non-hydrogen) atoms. The van der Waals surface area contributed by atoms with Crippen LogP contribution in [0.2, 0.25) is 0 Å². The molecule has 1 atom stereocenters. The normalized spacial score (nSPS) is 20.3. The van der Waals surface area contributed by atoms with Crippen molar-refractivity contribution in [2.75, 3.05) is 25.0 Å². The van der Waals surface area contributed by atoms with Crippen molar-refractivity contribution in [2.45, 2.75) is 12.5 Å². The van der Waals surface area contributed by atoms with E-state index in [4.69, 9.17) is 4.74 Å². The fourth-order valence-electron chi connectivity index (χ4n) is 1.98. The van der Waals surface area contributed by atoms with E-state index in [9.17, 15) is 4.79 Å². The first-order chi connectivity index (χ1) is 8.31. The zero-order chi connectivity index (χ0) is 12.1. The summed E-state index contributed by atoms with van der Waals surface area (Å²) in [7, 11) is 0. The summed E-state index contributed by atoms with van der Waals surface area (Å²) in [6.07, 6.45) is 0.575. The molecule has 2 rings (SSSR count). The molecule has 0 radical (unpaired) electrons. The van der Waals surface area contributed by atoms with E-state index in [1.54, 1.807) is 0 Å². The quantitative estimate of drug-likeness (QED) is 0.802. The molecule has 1 aliphatic heterocycles. The molecular weight excluding hydrogens is 282 g/mol. The molecule has 1 unspecified atom stereocenters. The van der Waals surface area contributed by atoms with Gasteiger partial charge in [0.25, 0.3) is 0 Å². The summed E-state index contributed by atoms with van der Waals surface area (Å²) < 4.78 is 5.72. The lowest BCUT2D eigenvalue weighted by Gasteiger charge is -2.33. The van der Waals surface area contributed by atoms with Gasteiger partial charge in [0.05, 0.1) is 13.2 Å². The Balaban J connectivity index is 2.00. The fourth-order valence-corrected chi connectivity index (χ4v) is 2.32. The van der Waals surface area contributed by atoms with Gasteiger partial charge in [-0.05, 0) is 5.56 Å². The monoisotopic (exact) mass is 297 g/mol. The van der Waals surface area contributed by atoms with Gasteiger partial charge >= 0.3 is 0 Å². The second kappa shape index (κ2) is 6.17. The van der Waals surface area contributed by atoms with Crippen LogP contribution in [0.15, 0.2) is 30.3 Å². The van der Waals surface area contributed by atoms with Crippen molar-refractivity contribution in [2.24, 2.45) is 0 Å². The number of amides is 1. The predicted octanol–water partition coefficient (Wildman–Crippen LogP) is 2.37. The molecule has 1 aromatic carbocycles. The summed E-state index contributed by atoms with van der Waals surface area (Å²) in [6, 6.07) is 10.1. The summed E-state index contributed by atoms with van der Waals surface area (Å²) in [5.74, 6) is 0.200. The summed E-state index contributed by atoms with van der Waals surface area (Å²) in [5, 5.41) is 0.721. The fraction of sp³-hybridized carbons (Fsp3) is 0.462. The first-order valence-electron chi connectivity index (χ1n) is 5.81. The van der Waals surface area contributed by atoms with Crippen LogP contribution in [-0.2, 0) is 9.53 Å². The average Bonchev–Trinajstić information content (AvgIpc) is 2.40. The van der Waals surface area contributed by atoms with E-state index in [0.29, 0.717) is 26.1 Å². The maximum Gasteiger partial charge on any atom is 0.223 e. The van der Waals surface area contributed by atoms with E-state index >= 15 is 0 Å². The summed E-state index contributed by atoms with van der Waals surface area (Å²) in [5.41, 5.74) is 1.14. The van der Waals surface area contributed by atoms with Crippen molar-refractivity contribution in [3.63, 3.8) is 0 Å². The number of carbonyl (C=O) groups excluding carboxylic acids is 1. The second-order valence-corrected chi connectivity index (χ2v) is 4.84. The molecule has 92 valence electrons. The Labute approximate surface area is 110 Å². The van der Waals surface area contributed by atoms with Gasteiger partial charge < -0.3 is 9.64 Å². The second-order valence-electron chi connectivity index (χ2n) is 4.05. The van der Waals surface area contributed by atoms with Crippen LogP contribution in [-0.4, -0.2) is 35.8 Å². The average molecular weight is 298 g/mol. The Bertz CT molecular complexity index is 369. The molecule has 1 heterocycles. The molecule has 1 aromatic rings. The number of alkyl halides is 1. The van der Waals surface area contributed by atoms with Crippen LogP contribution < -0.4 is 0 Å². The van der Waals surface area contributed by atoms with Crippen LogP contribution >= 0.6 is 15.9 Å². The highest BCUT2D eigenvalue weighted by Gasteiger charge is 2.24. The van der Waals surface area contributed by atoms with Crippen molar-refractivity contribution in [1.82, 2.24) is 4.90 Å². The lowest BCUT2D eigenvalue weighted by molar-refractivity contribution is -0.138. The van der Waals surface area contributed by atoms with E-state index in [1.807, 2.05) is 35.2 Å². The smallest absolute Gasteiger partial charge is 0.223 e. The number of morpholine rings is 1. The minimum atomic E-state index is 0.0178. The summed E-state index contributed by atoms with van der Waals surface area (Å²) in [6.45, 7) is 1.98. The molecule has 1 saturated heterocycles. The van der Waals surface area contributed by atoms with Gasteiger partial charge in [0.15, 0.2) is 0 Å². The van der Waals surface area contributed by atoms with E-state index in [2.05, 4.69) is 15.9 Å². The van der Waals surface area contributed by atoms with E-state index in [1.165, 1.54) is 0 Å². The summed E-state index contributed by atoms with van der Waals surface area (Å²) >= 11 is 3.30. The number of nitrogens with zero attached hydrogens (tertiary/aromatic N) is 1. The van der Waals surface area contributed by atoms with Crippen LogP contribution in [0.4, 0.5) is 0 Å². The molecule has 0 spiro atoms. The number of rotatable bonds is 3. The minimum absolute atomic E-state index is 0.0178. The van der Waals surface area contributed by atoms with Crippen molar-refractivity contribution in [3.8, 4) is 0 Å². The van der Waals surface area contributed by atoms with Gasteiger partial charge in [-0.3, -0.25) is 4.79 Å². The maximum absolute atomic E-state index is 11.8. The Morgan fingerprint density at radius 1 is 1.41 bits per heavy atom. The highest BCUT2D eigenvalue weighted by molar-refractivity contribution is 9.09. The maximum atomic E-state index is 11.8. The third-order valence-electron chi connectivity index (χ3n) is 2.90. The Morgan fingerprint density at radius 2 is 2.18 bits per heavy atom. The highest BCUT2D eigenvalue weighted by atomic mass is 79.9. The Kier molecular flexibility index (Phi) is 4.57. The van der Waals surface area contributed by atoms with Gasteiger partial charge in [-0.15, -0.1) is 0 Å². The SMILES string of the molecule is O=C(CCBr)N1CCOC(c2ccccc2)C1. The topological polar surface area (TPSA) is 29.5 Å². The van der Waals surface area contributed by atoms with Crippen molar-refractivity contribution < 1.29 is 9.53 Å². The largest absolute Gasteiger partial charge is 0.370 e. The van der Waals surface area contributed by atoms with Crippen LogP contribution in [0.5, 0.6) is 0 Å². The lowest BCUT2D eigenvalue weighted by atomic mass is 10.1. The van der Waals surface area contributed by atoms with Gasteiger partial charge in [-0.2, -0.15) is 0 Å². The van der Waals surface area contributed by atoms with Crippen LogP contribution in [0, 0.1) is 0 Å². The van der Waals surface area contributed by atoms with Gasteiger partial charge in [0.2, 0.25) is 5.91 Å².